The summed E-state index contributed by atoms with van der Waals surface area (Å²) in [5.41, 5.74) is 0.0716. The molecule has 0 amide bonds. The monoisotopic (exact) mass is 256 g/mol. The van der Waals surface area contributed by atoms with Crippen molar-refractivity contribution in [2.75, 3.05) is 13.2 Å². The average molecular weight is 256 g/mol. The van der Waals surface area contributed by atoms with E-state index in [-0.39, 0.29) is 11.5 Å². The van der Waals surface area contributed by atoms with Crippen LogP contribution in [0.1, 0.15) is 78.1 Å². The molecule has 1 rings (SSSR count). The fraction of sp³-hybridized carbons (Fsp3) is 1.00. The SMILES string of the molecule is CCCCCCCCCCC1(CO)CCOC1C. The van der Waals surface area contributed by atoms with Gasteiger partial charge in [-0.1, -0.05) is 58.3 Å². The lowest BCUT2D eigenvalue weighted by Crippen LogP contribution is -2.32. The van der Waals surface area contributed by atoms with Crippen LogP contribution in [-0.2, 0) is 4.74 Å². The molecule has 0 aromatic carbocycles. The molecule has 2 heteroatoms. The highest BCUT2D eigenvalue weighted by Gasteiger charge is 2.40. The lowest BCUT2D eigenvalue weighted by molar-refractivity contribution is 0.0202. The van der Waals surface area contributed by atoms with E-state index in [1.54, 1.807) is 0 Å². The smallest absolute Gasteiger partial charge is 0.0625 e. The Kier molecular flexibility index (Phi) is 7.92. The zero-order valence-corrected chi connectivity index (χ0v) is 12.4. The summed E-state index contributed by atoms with van der Waals surface area (Å²) in [4.78, 5) is 0. The maximum atomic E-state index is 9.61. The molecule has 2 unspecified atom stereocenters. The van der Waals surface area contributed by atoms with E-state index < -0.39 is 0 Å². The standard InChI is InChI=1S/C16H32O2/c1-3-4-5-6-7-8-9-10-11-16(14-17)12-13-18-15(16)2/h15,17H,3-14H2,1-2H3. The lowest BCUT2D eigenvalue weighted by atomic mass is 9.78. The third-order valence-electron chi connectivity index (χ3n) is 4.67. The van der Waals surface area contributed by atoms with E-state index in [4.69, 9.17) is 4.74 Å². The predicted molar refractivity (Wildman–Crippen MR) is 76.8 cm³/mol. The summed E-state index contributed by atoms with van der Waals surface area (Å²) < 4.78 is 5.62. The molecule has 1 N–H and O–H groups in total. The van der Waals surface area contributed by atoms with E-state index in [1.165, 1.54) is 51.4 Å². The first kappa shape index (κ1) is 16.0. The Balaban J connectivity index is 2.03. The highest BCUT2D eigenvalue weighted by atomic mass is 16.5. The number of hydrogen-bond acceptors (Lipinski definition) is 2. The number of hydrogen-bond donors (Lipinski definition) is 1. The minimum atomic E-state index is 0.0716. The molecule has 0 aromatic rings. The Morgan fingerprint density at radius 2 is 1.67 bits per heavy atom. The van der Waals surface area contributed by atoms with Gasteiger partial charge >= 0.3 is 0 Å². The molecule has 1 aliphatic heterocycles. The van der Waals surface area contributed by atoms with Crippen LogP contribution < -0.4 is 0 Å². The van der Waals surface area contributed by atoms with Crippen LogP contribution in [-0.4, -0.2) is 24.4 Å². The van der Waals surface area contributed by atoms with Gasteiger partial charge in [0.25, 0.3) is 0 Å². The lowest BCUT2D eigenvalue weighted by Gasteiger charge is -2.30. The van der Waals surface area contributed by atoms with Crippen molar-refractivity contribution in [2.45, 2.75) is 84.2 Å². The molecule has 1 saturated heterocycles. The van der Waals surface area contributed by atoms with Crippen LogP contribution in [0.3, 0.4) is 0 Å². The van der Waals surface area contributed by atoms with Gasteiger partial charge in [-0.2, -0.15) is 0 Å². The number of ether oxygens (including phenoxy) is 1. The van der Waals surface area contributed by atoms with Gasteiger partial charge < -0.3 is 9.84 Å². The quantitative estimate of drug-likeness (QED) is 0.590. The molecular formula is C16H32O2. The highest BCUT2D eigenvalue weighted by Crippen LogP contribution is 2.39. The number of unbranched alkanes of at least 4 members (excludes halogenated alkanes) is 7. The number of rotatable bonds is 10. The van der Waals surface area contributed by atoms with Crippen LogP contribution >= 0.6 is 0 Å². The first-order valence-corrected chi connectivity index (χ1v) is 7.97. The average Bonchev–Trinajstić information content (AvgIpc) is 2.75. The van der Waals surface area contributed by atoms with E-state index in [0.717, 1.165) is 19.4 Å². The summed E-state index contributed by atoms with van der Waals surface area (Å²) in [6.07, 6.45) is 13.3. The Labute approximate surface area is 113 Å². The fourth-order valence-corrected chi connectivity index (χ4v) is 3.04. The maximum Gasteiger partial charge on any atom is 0.0625 e. The van der Waals surface area contributed by atoms with Crippen LogP contribution in [0, 0.1) is 5.41 Å². The van der Waals surface area contributed by atoms with Crippen molar-refractivity contribution < 1.29 is 9.84 Å². The topological polar surface area (TPSA) is 29.5 Å². The second-order valence-corrected chi connectivity index (χ2v) is 6.01. The Morgan fingerprint density at radius 3 is 2.17 bits per heavy atom. The van der Waals surface area contributed by atoms with Crippen LogP contribution in [0.25, 0.3) is 0 Å². The van der Waals surface area contributed by atoms with Gasteiger partial charge in [-0.05, 0) is 19.8 Å². The van der Waals surface area contributed by atoms with E-state index >= 15 is 0 Å². The molecule has 2 atom stereocenters. The summed E-state index contributed by atoms with van der Waals surface area (Å²) in [5, 5.41) is 9.61. The third kappa shape index (κ3) is 4.89. The van der Waals surface area contributed by atoms with E-state index in [1.807, 2.05) is 0 Å². The van der Waals surface area contributed by atoms with Crippen molar-refractivity contribution in [3.05, 3.63) is 0 Å². The molecule has 2 nitrogen and oxygen atoms in total. The van der Waals surface area contributed by atoms with Crippen molar-refractivity contribution in [1.29, 1.82) is 0 Å². The first-order valence-electron chi connectivity index (χ1n) is 7.97. The Morgan fingerprint density at radius 1 is 1.06 bits per heavy atom. The Bertz CT molecular complexity index is 205. The molecule has 0 saturated carbocycles. The molecule has 0 aromatic heterocycles. The number of aliphatic hydroxyl groups excluding tert-OH is 1. The minimum absolute atomic E-state index is 0.0716. The molecule has 0 radical (unpaired) electrons. The van der Waals surface area contributed by atoms with E-state index in [9.17, 15) is 5.11 Å². The van der Waals surface area contributed by atoms with Gasteiger partial charge in [0, 0.05) is 12.0 Å². The van der Waals surface area contributed by atoms with E-state index in [2.05, 4.69) is 13.8 Å². The third-order valence-corrected chi connectivity index (χ3v) is 4.67. The largest absolute Gasteiger partial charge is 0.396 e. The minimum Gasteiger partial charge on any atom is -0.396 e. The van der Waals surface area contributed by atoms with Crippen molar-refractivity contribution in [3.8, 4) is 0 Å². The molecule has 1 aliphatic rings. The maximum absolute atomic E-state index is 9.61. The van der Waals surface area contributed by atoms with Gasteiger partial charge in [0.15, 0.2) is 0 Å². The second-order valence-electron chi connectivity index (χ2n) is 6.01. The van der Waals surface area contributed by atoms with Crippen molar-refractivity contribution in [2.24, 2.45) is 5.41 Å². The van der Waals surface area contributed by atoms with Gasteiger partial charge in [0.1, 0.15) is 0 Å². The number of aliphatic hydroxyl groups is 1. The zero-order chi connectivity index (χ0) is 13.3. The molecule has 1 fully saturated rings. The first-order chi connectivity index (χ1) is 8.75. The molecule has 18 heavy (non-hydrogen) atoms. The Hall–Kier alpha value is -0.0800. The molecular weight excluding hydrogens is 224 g/mol. The fourth-order valence-electron chi connectivity index (χ4n) is 3.04. The van der Waals surface area contributed by atoms with Crippen molar-refractivity contribution in [3.63, 3.8) is 0 Å². The van der Waals surface area contributed by atoms with Gasteiger partial charge in [0.05, 0.1) is 12.7 Å². The van der Waals surface area contributed by atoms with Gasteiger partial charge in [-0.25, -0.2) is 0 Å². The highest BCUT2D eigenvalue weighted by molar-refractivity contribution is 4.88. The van der Waals surface area contributed by atoms with Gasteiger partial charge in [0.2, 0.25) is 0 Å². The molecule has 108 valence electrons. The van der Waals surface area contributed by atoms with Crippen molar-refractivity contribution >= 4 is 0 Å². The normalized spacial score (nSPS) is 27.8. The summed E-state index contributed by atoms with van der Waals surface area (Å²) in [6.45, 7) is 5.51. The van der Waals surface area contributed by atoms with E-state index in [0.29, 0.717) is 6.61 Å². The molecule has 0 bridgehead atoms. The van der Waals surface area contributed by atoms with Crippen LogP contribution in [0.15, 0.2) is 0 Å². The summed E-state index contributed by atoms with van der Waals surface area (Å²) in [6, 6.07) is 0. The summed E-state index contributed by atoms with van der Waals surface area (Å²) >= 11 is 0. The zero-order valence-electron chi connectivity index (χ0n) is 12.4. The second kappa shape index (κ2) is 8.92. The summed E-state index contributed by atoms with van der Waals surface area (Å²) in [5.74, 6) is 0. The molecule has 1 heterocycles. The molecule has 0 spiro atoms. The van der Waals surface area contributed by atoms with Crippen molar-refractivity contribution in [1.82, 2.24) is 0 Å². The van der Waals surface area contributed by atoms with Crippen LogP contribution in [0.2, 0.25) is 0 Å². The van der Waals surface area contributed by atoms with Gasteiger partial charge in [-0.3, -0.25) is 0 Å². The van der Waals surface area contributed by atoms with Crippen LogP contribution in [0.5, 0.6) is 0 Å². The van der Waals surface area contributed by atoms with Gasteiger partial charge in [-0.15, -0.1) is 0 Å². The summed E-state index contributed by atoms with van der Waals surface area (Å²) in [7, 11) is 0. The molecule has 0 aliphatic carbocycles. The predicted octanol–water partition coefficient (Wildman–Crippen LogP) is 4.30. The van der Waals surface area contributed by atoms with Crippen LogP contribution in [0.4, 0.5) is 0 Å².